The SMILES string of the molecule is CCC(CC)(C(=O)NC[C@@H]1CCOC1)c1ccc(Cl)cc1. The van der Waals surface area contributed by atoms with E-state index in [4.69, 9.17) is 16.3 Å². The van der Waals surface area contributed by atoms with E-state index in [1.54, 1.807) is 0 Å². The minimum Gasteiger partial charge on any atom is -0.381 e. The zero-order chi connectivity index (χ0) is 15.3. The second kappa shape index (κ2) is 7.28. The van der Waals surface area contributed by atoms with Crippen LogP contribution in [0.5, 0.6) is 0 Å². The van der Waals surface area contributed by atoms with E-state index in [0.29, 0.717) is 17.5 Å². The number of ether oxygens (including phenoxy) is 1. The van der Waals surface area contributed by atoms with Crippen LogP contribution in [0.1, 0.15) is 38.7 Å². The van der Waals surface area contributed by atoms with E-state index in [2.05, 4.69) is 19.2 Å². The van der Waals surface area contributed by atoms with Gasteiger partial charge in [0.15, 0.2) is 0 Å². The van der Waals surface area contributed by atoms with Crippen molar-refractivity contribution in [2.75, 3.05) is 19.8 Å². The summed E-state index contributed by atoms with van der Waals surface area (Å²) in [4.78, 5) is 12.8. The van der Waals surface area contributed by atoms with Crippen molar-refractivity contribution in [1.29, 1.82) is 0 Å². The Morgan fingerprint density at radius 2 is 2.00 bits per heavy atom. The second-order valence-corrected chi connectivity index (χ2v) is 6.17. The van der Waals surface area contributed by atoms with E-state index in [9.17, 15) is 4.79 Å². The number of rotatable bonds is 6. The standard InChI is InChI=1S/C17H24ClNO2/c1-3-17(4-2,14-5-7-15(18)8-6-14)16(20)19-11-13-9-10-21-12-13/h5-8,13H,3-4,9-12H2,1-2H3,(H,19,20)/t13-/m0/s1. The van der Waals surface area contributed by atoms with Gasteiger partial charge in [-0.15, -0.1) is 0 Å². The molecule has 1 aliphatic rings. The first kappa shape index (κ1) is 16.3. The average molecular weight is 310 g/mol. The molecule has 1 fully saturated rings. The van der Waals surface area contributed by atoms with Gasteiger partial charge < -0.3 is 10.1 Å². The largest absolute Gasteiger partial charge is 0.381 e. The quantitative estimate of drug-likeness (QED) is 0.872. The number of carbonyl (C=O) groups is 1. The molecule has 0 radical (unpaired) electrons. The number of nitrogens with one attached hydrogen (secondary N) is 1. The van der Waals surface area contributed by atoms with Gasteiger partial charge in [0, 0.05) is 24.1 Å². The van der Waals surface area contributed by atoms with Gasteiger partial charge in [-0.1, -0.05) is 37.6 Å². The third-order valence-electron chi connectivity index (χ3n) is 4.61. The summed E-state index contributed by atoms with van der Waals surface area (Å²) in [5, 5.41) is 3.83. The van der Waals surface area contributed by atoms with Crippen molar-refractivity contribution in [3.63, 3.8) is 0 Å². The summed E-state index contributed by atoms with van der Waals surface area (Å²) in [6, 6.07) is 7.64. The molecule has 1 aliphatic heterocycles. The number of hydrogen-bond acceptors (Lipinski definition) is 2. The molecule has 2 rings (SSSR count). The Labute approximate surface area is 132 Å². The number of benzene rings is 1. The van der Waals surface area contributed by atoms with E-state index in [-0.39, 0.29) is 5.91 Å². The molecule has 0 aliphatic carbocycles. The highest BCUT2D eigenvalue weighted by Crippen LogP contribution is 2.33. The third-order valence-corrected chi connectivity index (χ3v) is 4.87. The normalized spacial score (nSPS) is 18.7. The van der Waals surface area contributed by atoms with E-state index in [1.165, 1.54) is 0 Å². The lowest BCUT2D eigenvalue weighted by Crippen LogP contribution is -2.45. The van der Waals surface area contributed by atoms with Gasteiger partial charge in [0.2, 0.25) is 5.91 Å². The fraction of sp³-hybridized carbons (Fsp3) is 0.588. The number of hydrogen-bond donors (Lipinski definition) is 1. The molecule has 1 saturated heterocycles. The summed E-state index contributed by atoms with van der Waals surface area (Å²) in [6.45, 7) is 6.40. The van der Waals surface area contributed by atoms with E-state index in [1.807, 2.05) is 24.3 Å². The summed E-state index contributed by atoms with van der Waals surface area (Å²) in [5.74, 6) is 0.562. The molecule has 1 amide bonds. The van der Waals surface area contributed by atoms with Crippen LogP contribution in [-0.4, -0.2) is 25.7 Å². The minimum absolute atomic E-state index is 0.113. The summed E-state index contributed by atoms with van der Waals surface area (Å²) in [7, 11) is 0. The summed E-state index contributed by atoms with van der Waals surface area (Å²) >= 11 is 5.96. The molecule has 0 bridgehead atoms. The first-order valence-corrected chi connectivity index (χ1v) is 8.12. The molecule has 1 aromatic rings. The molecule has 1 atom stereocenters. The maximum atomic E-state index is 12.8. The molecule has 1 aromatic carbocycles. The summed E-state index contributed by atoms with van der Waals surface area (Å²) in [5.41, 5.74) is 0.571. The van der Waals surface area contributed by atoms with Crippen molar-refractivity contribution in [1.82, 2.24) is 5.32 Å². The van der Waals surface area contributed by atoms with E-state index < -0.39 is 5.41 Å². The van der Waals surface area contributed by atoms with Crippen LogP contribution < -0.4 is 5.32 Å². The number of halogens is 1. The fourth-order valence-electron chi connectivity index (χ4n) is 3.03. The Morgan fingerprint density at radius 1 is 1.33 bits per heavy atom. The monoisotopic (exact) mass is 309 g/mol. The topological polar surface area (TPSA) is 38.3 Å². The van der Waals surface area contributed by atoms with E-state index >= 15 is 0 Å². The van der Waals surface area contributed by atoms with Gasteiger partial charge in [-0.3, -0.25) is 4.79 Å². The highest BCUT2D eigenvalue weighted by Gasteiger charge is 2.36. The number of carbonyl (C=O) groups excluding carboxylic acids is 1. The van der Waals surface area contributed by atoms with Crippen LogP contribution in [0.25, 0.3) is 0 Å². The van der Waals surface area contributed by atoms with Gasteiger partial charge >= 0.3 is 0 Å². The van der Waals surface area contributed by atoms with Gasteiger partial charge in [0.1, 0.15) is 0 Å². The number of amides is 1. The van der Waals surface area contributed by atoms with Gasteiger partial charge in [-0.05, 0) is 37.0 Å². The summed E-state index contributed by atoms with van der Waals surface area (Å²) in [6.07, 6.45) is 2.59. The van der Waals surface area contributed by atoms with Crippen molar-refractivity contribution in [2.45, 2.75) is 38.5 Å². The lowest BCUT2D eigenvalue weighted by atomic mass is 9.75. The van der Waals surface area contributed by atoms with Crippen LogP contribution in [0.4, 0.5) is 0 Å². The van der Waals surface area contributed by atoms with Crippen LogP contribution in [0, 0.1) is 5.92 Å². The molecule has 0 saturated carbocycles. The van der Waals surface area contributed by atoms with Crippen molar-refractivity contribution in [3.05, 3.63) is 34.9 Å². The van der Waals surface area contributed by atoms with Gasteiger partial charge in [0.25, 0.3) is 0 Å². The van der Waals surface area contributed by atoms with Crippen LogP contribution in [0.3, 0.4) is 0 Å². The third kappa shape index (κ3) is 3.58. The van der Waals surface area contributed by atoms with Gasteiger partial charge in [0.05, 0.1) is 12.0 Å². The van der Waals surface area contributed by atoms with Crippen molar-refractivity contribution in [2.24, 2.45) is 5.92 Å². The Balaban J connectivity index is 2.11. The molecule has 21 heavy (non-hydrogen) atoms. The zero-order valence-corrected chi connectivity index (χ0v) is 13.6. The smallest absolute Gasteiger partial charge is 0.230 e. The Morgan fingerprint density at radius 3 is 2.52 bits per heavy atom. The van der Waals surface area contributed by atoms with Gasteiger partial charge in [-0.2, -0.15) is 0 Å². The molecule has 1 heterocycles. The van der Waals surface area contributed by atoms with Crippen LogP contribution in [0.2, 0.25) is 5.02 Å². The fourth-order valence-corrected chi connectivity index (χ4v) is 3.16. The molecule has 116 valence electrons. The molecule has 0 aromatic heterocycles. The first-order valence-electron chi connectivity index (χ1n) is 7.74. The highest BCUT2D eigenvalue weighted by atomic mass is 35.5. The lowest BCUT2D eigenvalue weighted by molar-refractivity contribution is -0.127. The maximum absolute atomic E-state index is 12.8. The molecule has 0 unspecified atom stereocenters. The highest BCUT2D eigenvalue weighted by molar-refractivity contribution is 6.30. The maximum Gasteiger partial charge on any atom is 0.230 e. The van der Waals surface area contributed by atoms with Crippen molar-refractivity contribution >= 4 is 17.5 Å². The predicted octanol–water partition coefficient (Wildman–Crippen LogP) is 3.55. The molecular weight excluding hydrogens is 286 g/mol. The molecule has 3 nitrogen and oxygen atoms in total. The first-order chi connectivity index (χ1) is 10.1. The van der Waals surface area contributed by atoms with Crippen molar-refractivity contribution in [3.8, 4) is 0 Å². The predicted molar refractivity (Wildman–Crippen MR) is 85.6 cm³/mol. The van der Waals surface area contributed by atoms with Crippen molar-refractivity contribution < 1.29 is 9.53 Å². The Bertz CT molecular complexity index is 462. The summed E-state index contributed by atoms with van der Waals surface area (Å²) < 4.78 is 5.36. The second-order valence-electron chi connectivity index (χ2n) is 5.74. The van der Waals surface area contributed by atoms with Crippen LogP contribution in [-0.2, 0) is 14.9 Å². The minimum atomic E-state index is -0.468. The average Bonchev–Trinajstić information content (AvgIpc) is 3.02. The molecule has 0 spiro atoms. The van der Waals surface area contributed by atoms with Crippen LogP contribution >= 0.6 is 11.6 Å². The molecular formula is C17H24ClNO2. The lowest BCUT2D eigenvalue weighted by Gasteiger charge is -2.31. The Kier molecular flexibility index (Phi) is 5.65. The van der Waals surface area contributed by atoms with Crippen LogP contribution in [0.15, 0.2) is 24.3 Å². The zero-order valence-electron chi connectivity index (χ0n) is 12.8. The Hall–Kier alpha value is -1.06. The molecule has 4 heteroatoms. The van der Waals surface area contributed by atoms with E-state index in [0.717, 1.165) is 38.0 Å². The van der Waals surface area contributed by atoms with Gasteiger partial charge in [-0.25, -0.2) is 0 Å². The molecule has 1 N–H and O–H groups in total.